The second-order valence-electron chi connectivity index (χ2n) is 6.88. The predicted octanol–water partition coefficient (Wildman–Crippen LogP) is 3.35. The van der Waals surface area contributed by atoms with Crippen LogP contribution in [0, 0.1) is 0 Å². The summed E-state index contributed by atoms with van der Waals surface area (Å²) in [6.07, 6.45) is 7.73. The van der Waals surface area contributed by atoms with Gasteiger partial charge >= 0.3 is 0 Å². The highest BCUT2D eigenvalue weighted by molar-refractivity contribution is 5.57. The van der Waals surface area contributed by atoms with Crippen LogP contribution in [-0.2, 0) is 6.54 Å². The van der Waals surface area contributed by atoms with Gasteiger partial charge in [0.15, 0.2) is 5.82 Å². The molecule has 0 aliphatic carbocycles. The van der Waals surface area contributed by atoms with Crippen molar-refractivity contribution < 1.29 is 0 Å². The molecule has 27 heavy (non-hydrogen) atoms. The van der Waals surface area contributed by atoms with E-state index in [-0.39, 0.29) is 0 Å². The molecule has 0 aromatic carbocycles. The maximum absolute atomic E-state index is 4.90. The van der Waals surface area contributed by atoms with Crippen molar-refractivity contribution in [1.82, 2.24) is 24.8 Å². The van der Waals surface area contributed by atoms with E-state index in [2.05, 4.69) is 37.3 Å². The number of nitrogens with one attached hydrogen (secondary N) is 1. The number of nitrogens with zero attached hydrogens (tertiary/aromatic N) is 5. The molecule has 1 atom stereocenters. The first-order valence-electron chi connectivity index (χ1n) is 9.41. The summed E-state index contributed by atoms with van der Waals surface area (Å²) in [6, 6.07) is 12.1. The van der Waals surface area contributed by atoms with E-state index in [9.17, 15) is 0 Å². The molecular formula is C21H24N6. The Morgan fingerprint density at radius 3 is 2.78 bits per heavy atom. The minimum absolute atomic E-state index is 0.401. The molecule has 4 rings (SSSR count). The molecule has 3 aromatic heterocycles. The van der Waals surface area contributed by atoms with Crippen LogP contribution in [0.3, 0.4) is 0 Å². The van der Waals surface area contributed by atoms with Crippen LogP contribution in [0.1, 0.15) is 30.1 Å². The Morgan fingerprint density at radius 2 is 2.00 bits per heavy atom. The summed E-state index contributed by atoms with van der Waals surface area (Å²) in [5, 5.41) is 3.18. The zero-order valence-corrected chi connectivity index (χ0v) is 15.5. The summed E-state index contributed by atoms with van der Waals surface area (Å²) in [5.41, 5.74) is 3.21. The number of pyridine rings is 2. The number of hydrogen-bond acceptors (Lipinski definition) is 6. The van der Waals surface area contributed by atoms with Crippen LogP contribution in [0.4, 0.5) is 5.82 Å². The van der Waals surface area contributed by atoms with Gasteiger partial charge in [0.25, 0.3) is 0 Å². The second-order valence-corrected chi connectivity index (χ2v) is 6.88. The third-order valence-electron chi connectivity index (χ3n) is 4.98. The summed E-state index contributed by atoms with van der Waals surface area (Å²) < 4.78 is 0. The van der Waals surface area contributed by atoms with Crippen molar-refractivity contribution in [2.45, 2.75) is 25.3 Å². The van der Waals surface area contributed by atoms with Gasteiger partial charge in [0.05, 0.1) is 11.4 Å². The molecule has 138 valence electrons. The fraction of sp³-hybridized carbons (Fsp3) is 0.333. The van der Waals surface area contributed by atoms with Crippen LogP contribution in [0.15, 0.2) is 55.0 Å². The van der Waals surface area contributed by atoms with Crippen molar-refractivity contribution in [3.05, 3.63) is 66.4 Å². The molecule has 0 bridgehead atoms. The topological polar surface area (TPSA) is 66.8 Å². The maximum Gasteiger partial charge on any atom is 0.161 e. The largest absolute Gasteiger partial charge is 0.373 e. The summed E-state index contributed by atoms with van der Waals surface area (Å²) >= 11 is 0. The first-order valence-corrected chi connectivity index (χ1v) is 9.41. The van der Waals surface area contributed by atoms with Crippen molar-refractivity contribution in [3.8, 4) is 11.4 Å². The van der Waals surface area contributed by atoms with E-state index in [4.69, 9.17) is 4.98 Å². The fourth-order valence-electron chi connectivity index (χ4n) is 3.59. The summed E-state index contributed by atoms with van der Waals surface area (Å²) in [6.45, 7) is 2.99. The zero-order valence-electron chi connectivity index (χ0n) is 15.5. The quantitative estimate of drug-likeness (QED) is 0.753. The van der Waals surface area contributed by atoms with Crippen molar-refractivity contribution in [2.75, 3.05) is 25.5 Å². The van der Waals surface area contributed by atoms with Crippen LogP contribution < -0.4 is 5.32 Å². The average Bonchev–Trinajstić information content (AvgIpc) is 2.75. The highest BCUT2D eigenvalue weighted by Gasteiger charge is 2.24. The second kappa shape index (κ2) is 8.22. The number of rotatable bonds is 5. The first-order chi connectivity index (χ1) is 13.3. The molecule has 0 radical (unpaired) electrons. The van der Waals surface area contributed by atoms with Gasteiger partial charge in [-0.1, -0.05) is 6.07 Å². The third-order valence-corrected chi connectivity index (χ3v) is 4.98. The molecule has 3 aromatic rings. The molecule has 0 saturated carbocycles. The smallest absolute Gasteiger partial charge is 0.161 e. The van der Waals surface area contributed by atoms with Crippen molar-refractivity contribution in [1.29, 1.82) is 0 Å². The highest BCUT2D eigenvalue weighted by Crippen LogP contribution is 2.29. The van der Waals surface area contributed by atoms with Crippen LogP contribution in [0.5, 0.6) is 0 Å². The Labute approximate surface area is 159 Å². The van der Waals surface area contributed by atoms with E-state index in [0.29, 0.717) is 5.92 Å². The molecule has 1 aliphatic heterocycles. The van der Waals surface area contributed by atoms with Gasteiger partial charge in [0.2, 0.25) is 0 Å². The highest BCUT2D eigenvalue weighted by atomic mass is 15.1. The van der Waals surface area contributed by atoms with Gasteiger partial charge in [-0.15, -0.1) is 0 Å². The van der Waals surface area contributed by atoms with Crippen LogP contribution in [-0.4, -0.2) is 45.0 Å². The normalized spacial score (nSPS) is 17.6. The van der Waals surface area contributed by atoms with E-state index in [1.54, 1.807) is 12.4 Å². The Kier molecular flexibility index (Phi) is 5.34. The van der Waals surface area contributed by atoms with Gasteiger partial charge in [-0.05, 0) is 43.7 Å². The van der Waals surface area contributed by atoms with Crippen molar-refractivity contribution in [2.24, 2.45) is 0 Å². The lowest BCUT2D eigenvalue weighted by molar-refractivity contribution is 0.196. The number of likely N-dealkylation sites (tertiary alicyclic amines) is 1. The monoisotopic (exact) mass is 360 g/mol. The number of piperidine rings is 1. The van der Waals surface area contributed by atoms with Gasteiger partial charge in [0.1, 0.15) is 5.82 Å². The number of anilines is 1. The van der Waals surface area contributed by atoms with E-state index in [1.165, 1.54) is 6.42 Å². The lowest BCUT2D eigenvalue weighted by atomic mass is 9.94. The molecule has 1 aliphatic rings. The van der Waals surface area contributed by atoms with Gasteiger partial charge in [-0.25, -0.2) is 9.97 Å². The molecule has 1 N–H and O–H groups in total. The minimum atomic E-state index is 0.401. The zero-order chi connectivity index (χ0) is 18.5. The van der Waals surface area contributed by atoms with Crippen LogP contribution >= 0.6 is 0 Å². The van der Waals surface area contributed by atoms with Gasteiger partial charge < -0.3 is 5.32 Å². The number of hydrogen-bond donors (Lipinski definition) is 1. The standard InChI is InChI=1S/C21H24N6/c1-22-20-13-19(25-21(26-20)16-7-10-23-11-8-16)17-5-4-12-27(14-17)15-18-6-2-3-9-24-18/h2-3,6-11,13,17H,4-5,12,14-15H2,1H3,(H,22,25,26)/t17-/m0/s1. The van der Waals surface area contributed by atoms with Crippen LogP contribution in [0.25, 0.3) is 11.4 Å². The molecule has 4 heterocycles. The van der Waals surface area contributed by atoms with E-state index in [1.807, 2.05) is 37.5 Å². The molecule has 0 unspecified atom stereocenters. The summed E-state index contributed by atoms with van der Waals surface area (Å²) in [7, 11) is 1.90. The van der Waals surface area contributed by atoms with Gasteiger partial charge in [0, 0.05) is 56.3 Å². The SMILES string of the molecule is CNc1cc([C@H]2CCCN(Cc3ccccn3)C2)nc(-c2ccncc2)n1. The van der Waals surface area contributed by atoms with E-state index in [0.717, 1.165) is 54.6 Å². The predicted molar refractivity (Wildman–Crippen MR) is 106 cm³/mol. The van der Waals surface area contributed by atoms with Crippen molar-refractivity contribution in [3.63, 3.8) is 0 Å². The average molecular weight is 360 g/mol. The lowest BCUT2D eigenvalue weighted by Gasteiger charge is -2.32. The molecule has 6 nitrogen and oxygen atoms in total. The molecule has 1 saturated heterocycles. The Morgan fingerprint density at radius 1 is 1.11 bits per heavy atom. The lowest BCUT2D eigenvalue weighted by Crippen LogP contribution is -2.34. The van der Waals surface area contributed by atoms with Gasteiger partial charge in [-0.2, -0.15) is 0 Å². The molecule has 1 fully saturated rings. The molecule has 0 amide bonds. The molecule has 0 spiro atoms. The summed E-state index contributed by atoms with van der Waals surface area (Å²) in [5.74, 6) is 2.01. The summed E-state index contributed by atoms with van der Waals surface area (Å²) in [4.78, 5) is 20.6. The minimum Gasteiger partial charge on any atom is -0.373 e. The van der Waals surface area contributed by atoms with E-state index < -0.39 is 0 Å². The third kappa shape index (κ3) is 4.28. The van der Waals surface area contributed by atoms with Crippen LogP contribution in [0.2, 0.25) is 0 Å². The maximum atomic E-state index is 4.90. The Balaban J connectivity index is 1.56. The molecular weight excluding hydrogens is 336 g/mol. The Hall–Kier alpha value is -2.86. The van der Waals surface area contributed by atoms with Crippen molar-refractivity contribution >= 4 is 5.82 Å². The fourth-order valence-corrected chi connectivity index (χ4v) is 3.59. The first kappa shape index (κ1) is 17.5. The number of aromatic nitrogens is 4. The van der Waals surface area contributed by atoms with E-state index >= 15 is 0 Å². The molecule has 6 heteroatoms. The van der Waals surface area contributed by atoms with Gasteiger partial charge in [-0.3, -0.25) is 14.9 Å². The Bertz CT molecular complexity index is 868.